The van der Waals surface area contributed by atoms with Crippen LogP contribution in [0.2, 0.25) is 5.02 Å². The molecule has 2 aromatic carbocycles. The maximum atomic E-state index is 12.1. The Morgan fingerprint density at radius 2 is 1.83 bits per heavy atom. The first-order valence-corrected chi connectivity index (χ1v) is 7.83. The van der Waals surface area contributed by atoms with Crippen LogP contribution in [0.4, 0.5) is 0 Å². The topological polar surface area (TPSA) is 64.3 Å². The summed E-state index contributed by atoms with van der Waals surface area (Å²) in [7, 11) is 1.60. The van der Waals surface area contributed by atoms with Gasteiger partial charge >= 0.3 is 0 Å². The minimum absolute atomic E-state index is 0. The smallest absolute Gasteiger partial charge is 0.222 e. The summed E-state index contributed by atoms with van der Waals surface area (Å²) in [5.41, 5.74) is 7.93. The van der Waals surface area contributed by atoms with E-state index in [-0.39, 0.29) is 36.9 Å². The van der Waals surface area contributed by atoms with Crippen LogP contribution in [0.5, 0.6) is 0 Å². The zero-order valence-corrected chi connectivity index (χ0v) is 15.0. The van der Waals surface area contributed by atoms with E-state index in [0.29, 0.717) is 11.6 Å². The van der Waals surface area contributed by atoms with Crippen molar-refractivity contribution in [2.75, 3.05) is 13.7 Å². The van der Waals surface area contributed by atoms with Gasteiger partial charge in [-0.1, -0.05) is 54.1 Å². The Labute approximate surface area is 153 Å². The molecule has 0 aliphatic heterocycles. The van der Waals surface area contributed by atoms with E-state index in [1.54, 1.807) is 13.2 Å². The Bertz CT molecular complexity index is 638. The van der Waals surface area contributed by atoms with Gasteiger partial charge < -0.3 is 15.8 Å². The van der Waals surface area contributed by atoms with Crippen molar-refractivity contribution >= 4 is 29.9 Å². The summed E-state index contributed by atoms with van der Waals surface area (Å²) >= 11 is 5.99. The molecule has 24 heavy (non-hydrogen) atoms. The Balaban J connectivity index is 0.00000288. The molecule has 0 fully saturated rings. The number of amides is 1. The van der Waals surface area contributed by atoms with E-state index < -0.39 is 0 Å². The van der Waals surface area contributed by atoms with Crippen LogP contribution < -0.4 is 11.1 Å². The highest BCUT2D eigenvalue weighted by molar-refractivity contribution is 6.30. The number of halogens is 2. The molecule has 0 aliphatic carbocycles. The number of hydrogen-bond donors (Lipinski definition) is 2. The Morgan fingerprint density at radius 1 is 1.17 bits per heavy atom. The summed E-state index contributed by atoms with van der Waals surface area (Å²) in [6.45, 7) is 0.372. The lowest BCUT2D eigenvalue weighted by Gasteiger charge is -2.18. The van der Waals surface area contributed by atoms with Crippen molar-refractivity contribution in [3.63, 3.8) is 0 Å². The molecule has 2 aromatic rings. The predicted molar refractivity (Wildman–Crippen MR) is 99.4 cm³/mol. The Hall–Kier alpha value is -1.59. The van der Waals surface area contributed by atoms with Crippen LogP contribution in [0.3, 0.4) is 0 Å². The average molecular weight is 369 g/mol. The number of carbonyl (C=O) groups is 1. The van der Waals surface area contributed by atoms with E-state index in [2.05, 4.69) is 5.32 Å². The van der Waals surface area contributed by atoms with Crippen LogP contribution in [-0.4, -0.2) is 19.6 Å². The number of carbonyl (C=O) groups excluding carboxylic acids is 1. The fraction of sp³-hybridized carbons (Fsp3) is 0.278. The van der Waals surface area contributed by atoms with Crippen LogP contribution in [0.25, 0.3) is 0 Å². The minimum Gasteiger partial charge on any atom is -0.375 e. The van der Waals surface area contributed by atoms with Crippen LogP contribution >= 0.6 is 24.0 Å². The third-order valence-electron chi connectivity index (χ3n) is 3.62. The normalized spacial score (nSPS) is 12.8. The van der Waals surface area contributed by atoms with Gasteiger partial charge in [0, 0.05) is 31.1 Å². The van der Waals surface area contributed by atoms with Gasteiger partial charge in [0.25, 0.3) is 0 Å². The molecule has 3 N–H and O–H groups in total. The number of methoxy groups -OCH3 is 1. The molecule has 2 rings (SSSR count). The lowest BCUT2D eigenvalue weighted by Crippen LogP contribution is -2.31. The molecule has 0 saturated carbocycles. The number of nitrogens with one attached hydrogen (secondary N) is 1. The third kappa shape index (κ3) is 6.13. The van der Waals surface area contributed by atoms with Crippen molar-refractivity contribution in [1.29, 1.82) is 0 Å². The molecule has 0 saturated heterocycles. The summed E-state index contributed by atoms with van der Waals surface area (Å²) in [4.78, 5) is 12.1. The molecule has 0 spiro atoms. The summed E-state index contributed by atoms with van der Waals surface area (Å²) in [6, 6.07) is 16.7. The number of nitrogens with two attached hydrogens (primary N) is 1. The molecule has 130 valence electrons. The number of hydrogen-bond acceptors (Lipinski definition) is 3. The van der Waals surface area contributed by atoms with Crippen LogP contribution in [0.15, 0.2) is 54.6 Å². The standard InChI is InChI=1S/C18H21ClN2O2.ClH/c1-23-17(14-8-5-9-15(19)10-14)12-21-18(22)11-16(20)13-6-3-2-4-7-13;/h2-10,16-17H,11-12,20H2,1H3,(H,21,22);1H. The number of benzene rings is 2. The van der Waals surface area contributed by atoms with Gasteiger partial charge in [0.15, 0.2) is 0 Å². The summed E-state index contributed by atoms with van der Waals surface area (Å²) in [6.07, 6.45) is -0.0127. The first-order valence-electron chi connectivity index (χ1n) is 7.45. The molecule has 0 aromatic heterocycles. The third-order valence-corrected chi connectivity index (χ3v) is 3.86. The minimum atomic E-state index is -0.316. The lowest BCUT2D eigenvalue weighted by atomic mass is 10.0. The maximum Gasteiger partial charge on any atom is 0.222 e. The molecule has 2 atom stereocenters. The van der Waals surface area contributed by atoms with Gasteiger partial charge in [-0.2, -0.15) is 0 Å². The molecule has 0 aliphatic rings. The molecule has 4 nitrogen and oxygen atoms in total. The van der Waals surface area contributed by atoms with Crippen LogP contribution in [0.1, 0.15) is 29.7 Å². The quantitative estimate of drug-likeness (QED) is 0.783. The van der Waals surface area contributed by atoms with Gasteiger partial charge in [0.2, 0.25) is 5.91 Å². The van der Waals surface area contributed by atoms with Gasteiger partial charge in [-0.25, -0.2) is 0 Å². The van der Waals surface area contributed by atoms with E-state index >= 15 is 0 Å². The Morgan fingerprint density at radius 3 is 2.46 bits per heavy atom. The zero-order chi connectivity index (χ0) is 16.7. The second-order valence-corrected chi connectivity index (χ2v) is 5.74. The van der Waals surface area contributed by atoms with Crippen LogP contribution in [-0.2, 0) is 9.53 Å². The maximum absolute atomic E-state index is 12.1. The molecular formula is C18H22Cl2N2O2. The SMILES string of the molecule is COC(CNC(=O)CC(N)c1ccccc1)c1cccc(Cl)c1.Cl. The van der Waals surface area contributed by atoms with E-state index in [9.17, 15) is 4.79 Å². The molecule has 0 radical (unpaired) electrons. The fourth-order valence-electron chi connectivity index (χ4n) is 2.34. The van der Waals surface area contributed by atoms with E-state index in [1.165, 1.54) is 0 Å². The molecule has 2 unspecified atom stereocenters. The van der Waals surface area contributed by atoms with E-state index in [4.69, 9.17) is 22.1 Å². The second kappa shape index (κ2) is 10.3. The monoisotopic (exact) mass is 368 g/mol. The first kappa shape index (κ1) is 20.5. The first-order chi connectivity index (χ1) is 11.1. The van der Waals surface area contributed by atoms with Gasteiger partial charge in [-0.15, -0.1) is 12.4 Å². The fourth-order valence-corrected chi connectivity index (χ4v) is 2.54. The highest BCUT2D eigenvalue weighted by atomic mass is 35.5. The molecule has 0 heterocycles. The van der Waals surface area contributed by atoms with Crippen molar-refractivity contribution in [1.82, 2.24) is 5.32 Å². The highest BCUT2D eigenvalue weighted by Crippen LogP contribution is 2.20. The summed E-state index contributed by atoms with van der Waals surface area (Å²) in [5, 5.41) is 3.51. The summed E-state index contributed by atoms with van der Waals surface area (Å²) in [5.74, 6) is -0.106. The second-order valence-electron chi connectivity index (χ2n) is 5.30. The predicted octanol–water partition coefficient (Wildman–Crippen LogP) is 3.66. The van der Waals surface area contributed by atoms with E-state index in [1.807, 2.05) is 48.5 Å². The van der Waals surface area contributed by atoms with E-state index in [0.717, 1.165) is 11.1 Å². The van der Waals surface area contributed by atoms with Crippen molar-refractivity contribution in [3.05, 3.63) is 70.7 Å². The van der Waals surface area contributed by atoms with Gasteiger partial charge in [-0.05, 0) is 23.3 Å². The molecular weight excluding hydrogens is 347 g/mol. The molecule has 0 bridgehead atoms. The Kier molecular flexibility index (Phi) is 8.79. The highest BCUT2D eigenvalue weighted by Gasteiger charge is 2.15. The zero-order valence-electron chi connectivity index (χ0n) is 13.4. The van der Waals surface area contributed by atoms with Gasteiger partial charge in [0.1, 0.15) is 0 Å². The molecule has 6 heteroatoms. The van der Waals surface area contributed by atoms with Crippen molar-refractivity contribution < 1.29 is 9.53 Å². The number of rotatable bonds is 7. The van der Waals surface area contributed by atoms with Crippen molar-refractivity contribution in [3.8, 4) is 0 Å². The van der Waals surface area contributed by atoms with Crippen molar-refractivity contribution in [2.45, 2.75) is 18.6 Å². The average Bonchev–Trinajstić information content (AvgIpc) is 2.56. The van der Waals surface area contributed by atoms with Gasteiger partial charge in [0.05, 0.1) is 6.10 Å². The van der Waals surface area contributed by atoms with Gasteiger partial charge in [-0.3, -0.25) is 4.79 Å². The largest absolute Gasteiger partial charge is 0.375 e. The molecule has 1 amide bonds. The van der Waals surface area contributed by atoms with Crippen molar-refractivity contribution in [2.24, 2.45) is 5.73 Å². The number of ether oxygens (including phenoxy) is 1. The lowest BCUT2D eigenvalue weighted by molar-refractivity contribution is -0.122. The van der Waals surface area contributed by atoms with Crippen LogP contribution in [0, 0.1) is 0 Å². The summed E-state index contributed by atoms with van der Waals surface area (Å²) < 4.78 is 5.43.